The minimum atomic E-state index is -0.480. The summed E-state index contributed by atoms with van der Waals surface area (Å²) in [6.07, 6.45) is 2.27. The Kier molecular flexibility index (Phi) is 5.09. The fraction of sp³-hybridized carbons (Fsp3) is 0.190. The molecule has 0 amide bonds. The van der Waals surface area contributed by atoms with Gasteiger partial charge in [-0.25, -0.2) is 19.2 Å². The SMILES string of the molecule is Cc1cc(-c2ncc(F)cn2)ccc1OCc1c(C)cccc1-n1nnn(C)c1=O. The van der Waals surface area contributed by atoms with E-state index in [4.69, 9.17) is 4.74 Å². The lowest BCUT2D eigenvalue weighted by Crippen LogP contribution is -2.23. The van der Waals surface area contributed by atoms with E-state index < -0.39 is 5.82 Å². The van der Waals surface area contributed by atoms with Gasteiger partial charge in [0.2, 0.25) is 0 Å². The van der Waals surface area contributed by atoms with Crippen LogP contribution in [0.2, 0.25) is 0 Å². The average Bonchev–Trinajstić information content (AvgIpc) is 3.07. The van der Waals surface area contributed by atoms with Crippen LogP contribution in [0.1, 0.15) is 16.7 Å². The van der Waals surface area contributed by atoms with Crippen molar-refractivity contribution in [1.82, 2.24) is 29.8 Å². The van der Waals surface area contributed by atoms with Gasteiger partial charge >= 0.3 is 5.69 Å². The lowest BCUT2D eigenvalue weighted by Gasteiger charge is -2.14. The molecule has 2 aromatic heterocycles. The van der Waals surface area contributed by atoms with Crippen LogP contribution >= 0.6 is 0 Å². The molecule has 0 N–H and O–H groups in total. The monoisotopic (exact) mass is 406 g/mol. The minimum absolute atomic E-state index is 0.248. The highest BCUT2D eigenvalue weighted by molar-refractivity contribution is 5.58. The number of halogens is 1. The Morgan fingerprint density at radius 2 is 1.80 bits per heavy atom. The molecule has 0 saturated heterocycles. The highest BCUT2D eigenvalue weighted by Gasteiger charge is 2.14. The van der Waals surface area contributed by atoms with Gasteiger partial charge in [0, 0.05) is 18.2 Å². The van der Waals surface area contributed by atoms with Crippen LogP contribution in [0.25, 0.3) is 17.1 Å². The molecule has 0 fully saturated rings. The standard InChI is InChI=1S/C21H19FN6O2/c1-13-5-4-6-18(28-21(29)27(3)25-26-28)17(13)12-30-19-8-7-15(9-14(19)2)20-23-10-16(22)11-24-20/h4-11H,12H2,1-3H3. The molecule has 0 radical (unpaired) electrons. The second-order valence-corrected chi connectivity index (χ2v) is 6.86. The third-order valence-electron chi connectivity index (χ3n) is 4.76. The molecule has 152 valence electrons. The smallest absolute Gasteiger partial charge is 0.368 e. The highest BCUT2D eigenvalue weighted by atomic mass is 19.1. The summed E-state index contributed by atoms with van der Waals surface area (Å²) < 4.78 is 21.5. The van der Waals surface area contributed by atoms with Gasteiger partial charge in [-0.2, -0.15) is 9.36 Å². The van der Waals surface area contributed by atoms with Crippen molar-refractivity contribution in [3.8, 4) is 22.8 Å². The molecule has 9 heteroatoms. The van der Waals surface area contributed by atoms with Crippen LogP contribution in [0.15, 0.2) is 53.6 Å². The van der Waals surface area contributed by atoms with Gasteiger partial charge in [-0.1, -0.05) is 12.1 Å². The summed E-state index contributed by atoms with van der Waals surface area (Å²) in [5.74, 6) is 0.641. The van der Waals surface area contributed by atoms with Gasteiger partial charge in [-0.05, 0) is 59.7 Å². The molecule has 0 bridgehead atoms. The summed E-state index contributed by atoms with van der Waals surface area (Å²) >= 11 is 0. The number of hydrogen-bond donors (Lipinski definition) is 0. The molecule has 0 atom stereocenters. The van der Waals surface area contributed by atoms with Crippen molar-refractivity contribution in [2.24, 2.45) is 7.05 Å². The largest absolute Gasteiger partial charge is 0.489 e. The van der Waals surface area contributed by atoms with Gasteiger partial charge in [0.15, 0.2) is 11.6 Å². The number of benzene rings is 2. The number of nitrogens with zero attached hydrogens (tertiary/aromatic N) is 6. The maximum absolute atomic E-state index is 13.0. The Hall–Kier alpha value is -3.88. The number of rotatable bonds is 5. The molecule has 4 aromatic rings. The van der Waals surface area contributed by atoms with Gasteiger partial charge in [0.1, 0.15) is 12.4 Å². The van der Waals surface area contributed by atoms with Crippen LogP contribution in [0, 0.1) is 19.7 Å². The molecular formula is C21H19FN6O2. The van der Waals surface area contributed by atoms with E-state index in [1.54, 1.807) is 7.05 Å². The molecule has 0 saturated carbocycles. The van der Waals surface area contributed by atoms with Gasteiger partial charge < -0.3 is 4.74 Å². The molecule has 0 aliphatic heterocycles. The Balaban J connectivity index is 1.60. The molecule has 0 aliphatic rings. The zero-order valence-electron chi connectivity index (χ0n) is 16.7. The molecule has 0 aliphatic carbocycles. The quantitative estimate of drug-likeness (QED) is 0.506. The van der Waals surface area contributed by atoms with Crippen molar-refractivity contribution < 1.29 is 9.13 Å². The normalized spacial score (nSPS) is 10.9. The van der Waals surface area contributed by atoms with E-state index in [1.165, 1.54) is 9.36 Å². The topological polar surface area (TPSA) is 87.7 Å². The first-order valence-corrected chi connectivity index (χ1v) is 9.23. The van der Waals surface area contributed by atoms with Crippen LogP contribution in [-0.2, 0) is 13.7 Å². The predicted molar refractivity (Wildman–Crippen MR) is 108 cm³/mol. The molecule has 4 rings (SSSR count). The maximum Gasteiger partial charge on any atom is 0.368 e. The summed E-state index contributed by atoms with van der Waals surface area (Å²) in [5, 5.41) is 7.71. The first-order valence-electron chi connectivity index (χ1n) is 9.23. The Bertz CT molecular complexity index is 1260. The van der Waals surface area contributed by atoms with E-state index in [9.17, 15) is 9.18 Å². The molecule has 0 spiro atoms. The first-order chi connectivity index (χ1) is 14.4. The summed E-state index contributed by atoms with van der Waals surface area (Å²) in [5.41, 5.74) is 3.75. The van der Waals surface area contributed by atoms with E-state index >= 15 is 0 Å². The van der Waals surface area contributed by atoms with Gasteiger partial charge in [-0.15, -0.1) is 0 Å². The molecule has 30 heavy (non-hydrogen) atoms. The van der Waals surface area contributed by atoms with Crippen molar-refractivity contribution in [2.75, 3.05) is 0 Å². The predicted octanol–water partition coefficient (Wildman–Crippen LogP) is 2.76. The number of ether oxygens (including phenoxy) is 1. The molecule has 2 heterocycles. The summed E-state index contributed by atoms with van der Waals surface area (Å²) in [6, 6.07) is 11.1. The van der Waals surface area contributed by atoms with Gasteiger partial charge in [-0.3, -0.25) is 0 Å². The summed E-state index contributed by atoms with van der Waals surface area (Å²) in [6.45, 7) is 4.11. The van der Waals surface area contributed by atoms with Gasteiger partial charge in [0.05, 0.1) is 18.1 Å². The second kappa shape index (κ2) is 7.86. The molecule has 2 aromatic carbocycles. The molecule has 0 unspecified atom stereocenters. The third kappa shape index (κ3) is 3.69. The molecular weight excluding hydrogens is 387 g/mol. The van der Waals surface area contributed by atoms with Crippen molar-refractivity contribution in [1.29, 1.82) is 0 Å². The van der Waals surface area contributed by atoms with E-state index in [2.05, 4.69) is 20.4 Å². The maximum atomic E-state index is 13.0. The lowest BCUT2D eigenvalue weighted by atomic mass is 10.1. The second-order valence-electron chi connectivity index (χ2n) is 6.86. The number of aryl methyl sites for hydroxylation is 3. The highest BCUT2D eigenvalue weighted by Crippen LogP contribution is 2.26. The molecule has 8 nitrogen and oxygen atoms in total. The zero-order valence-corrected chi connectivity index (χ0v) is 16.7. The van der Waals surface area contributed by atoms with Crippen LogP contribution in [0.3, 0.4) is 0 Å². The fourth-order valence-electron chi connectivity index (χ4n) is 3.10. The number of hydrogen-bond acceptors (Lipinski definition) is 6. The van der Waals surface area contributed by atoms with Crippen molar-refractivity contribution in [3.05, 3.63) is 81.8 Å². The van der Waals surface area contributed by atoms with Crippen molar-refractivity contribution in [3.63, 3.8) is 0 Å². The Morgan fingerprint density at radius 1 is 1.03 bits per heavy atom. The Labute approximate surface area is 171 Å². The summed E-state index contributed by atoms with van der Waals surface area (Å²) in [4.78, 5) is 20.3. The van der Waals surface area contributed by atoms with E-state index in [-0.39, 0.29) is 12.3 Å². The van der Waals surface area contributed by atoms with E-state index in [0.29, 0.717) is 17.3 Å². The zero-order chi connectivity index (χ0) is 21.3. The van der Waals surface area contributed by atoms with E-state index in [0.717, 1.165) is 34.6 Å². The summed E-state index contributed by atoms with van der Waals surface area (Å²) in [7, 11) is 1.55. The van der Waals surface area contributed by atoms with Crippen LogP contribution in [0.4, 0.5) is 4.39 Å². The average molecular weight is 406 g/mol. The van der Waals surface area contributed by atoms with Gasteiger partial charge in [0.25, 0.3) is 0 Å². The lowest BCUT2D eigenvalue weighted by molar-refractivity contribution is 0.302. The minimum Gasteiger partial charge on any atom is -0.489 e. The first kappa shape index (κ1) is 19.4. The number of tetrazole rings is 1. The Morgan fingerprint density at radius 3 is 2.47 bits per heavy atom. The van der Waals surface area contributed by atoms with Crippen LogP contribution in [0.5, 0.6) is 5.75 Å². The van der Waals surface area contributed by atoms with Crippen molar-refractivity contribution in [2.45, 2.75) is 20.5 Å². The number of aromatic nitrogens is 6. The van der Waals surface area contributed by atoms with Crippen molar-refractivity contribution >= 4 is 0 Å². The third-order valence-corrected chi connectivity index (χ3v) is 4.76. The van der Waals surface area contributed by atoms with E-state index in [1.807, 2.05) is 50.2 Å². The van der Waals surface area contributed by atoms with Crippen LogP contribution in [-0.4, -0.2) is 29.8 Å². The fourth-order valence-corrected chi connectivity index (χ4v) is 3.10. The van der Waals surface area contributed by atoms with Crippen LogP contribution < -0.4 is 10.4 Å².